The molecule has 0 aromatic heterocycles. The number of hydrogen-bond acceptors (Lipinski definition) is 3. The van der Waals surface area contributed by atoms with Crippen LogP contribution in [0.5, 0.6) is 0 Å². The summed E-state index contributed by atoms with van der Waals surface area (Å²) < 4.78 is 5.52. The van der Waals surface area contributed by atoms with E-state index in [4.69, 9.17) is 29.2 Å². The number of thiocarbonyl (C=S) groups is 2. The molecule has 1 saturated heterocycles. The molecule has 0 aliphatic carbocycles. The molecule has 5 nitrogen and oxygen atoms in total. The van der Waals surface area contributed by atoms with E-state index >= 15 is 0 Å². The Morgan fingerprint density at radius 1 is 1.18 bits per heavy atom. The topological polar surface area (TPSA) is 57.3 Å². The molecule has 1 aliphatic heterocycles. The van der Waals surface area contributed by atoms with Crippen molar-refractivity contribution in [1.82, 2.24) is 16.2 Å². The van der Waals surface area contributed by atoms with E-state index in [9.17, 15) is 0 Å². The van der Waals surface area contributed by atoms with Gasteiger partial charge in [0, 0.05) is 18.8 Å². The average molecular weight is 339 g/mol. The molecule has 120 valence electrons. The number of aryl methyl sites for hydroxylation is 1. The smallest absolute Gasteiger partial charge is 0.189 e. The molecule has 1 atom stereocenters. The van der Waals surface area contributed by atoms with Crippen LogP contribution in [0.15, 0.2) is 24.3 Å². The van der Waals surface area contributed by atoms with Gasteiger partial charge >= 0.3 is 0 Å². The van der Waals surface area contributed by atoms with Gasteiger partial charge in [-0.1, -0.05) is 19.1 Å². The molecular weight excluding hydrogens is 316 g/mol. The van der Waals surface area contributed by atoms with Crippen molar-refractivity contribution in [3.63, 3.8) is 0 Å². The van der Waals surface area contributed by atoms with Crippen LogP contribution in [0.25, 0.3) is 0 Å². The van der Waals surface area contributed by atoms with Crippen molar-refractivity contribution < 1.29 is 4.74 Å². The minimum atomic E-state index is 0.252. The van der Waals surface area contributed by atoms with E-state index in [2.05, 4.69) is 40.5 Å². The third-order valence-corrected chi connectivity index (χ3v) is 3.87. The molecule has 1 aromatic rings. The largest absolute Gasteiger partial charge is 0.376 e. The second-order valence-electron chi connectivity index (χ2n) is 5.10. The number of anilines is 1. The molecule has 4 N–H and O–H groups in total. The molecule has 0 unspecified atom stereocenters. The molecule has 0 spiro atoms. The zero-order valence-electron chi connectivity index (χ0n) is 12.6. The molecule has 0 radical (unpaired) electrons. The number of benzene rings is 1. The highest BCUT2D eigenvalue weighted by Gasteiger charge is 2.15. The predicted molar refractivity (Wildman–Crippen MR) is 97.9 cm³/mol. The highest BCUT2D eigenvalue weighted by atomic mass is 32.1. The molecule has 0 amide bonds. The van der Waals surface area contributed by atoms with Crippen molar-refractivity contribution in [3.8, 4) is 0 Å². The van der Waals surface area contributed by atoms with Crippen molar-refractivity contribution in [2.24, 2.45) is 0 Å². The van der Waals surface area contributed by atoms with Crippen LogP contribution in [0.4, 0.5) is 5.69 Å². The van der Waals surface area contributed by atoms with Crippen LogP contribution in [-0.2, 0) is 11.2 Å². The molecule has 0 saturated carbocycles. The van der Waals surface area contributed by atoms with E-state index in [0.29, 0.717) is 16.8 Å². The summed E-state index contributed by atoms with van der Waals surface area (Å²) >= 11 is 10.4. The van der Waals surface area contributed by atoms with Gasteiger partial charge in [0.2, 0.25) is 0 Å². The van der Waals surface area contributed by atoms with Crippen molar-refractivity contribution in [2.45, 2.75) is 32.3 Å². The number of hydrogen-bond donors (Lipinski definition) is 4. The zero-order valence-corrected chi connectivity index (χ0v) is 14.3. The summed E-state index contributed by atoms with van der Waals surface area (Å²) in [7, 11) is 0. The monoisotopic (exact) mass is 338 g/mol. The van der Waals surface area contributed by atoms with Crippen LogP contribution < -0.4 is 21.5 Å². The number of rotatable bonds is 4. The first-order valence-electron chi connectivity index (χ1n) is 7.48. The fraction of sp³-hybridized carbons (Fsp3) is 0.467. The van der Waals surface area contributed by atoms with Crippen LogP contribution in [0.3, 0.4) is 0 Å². The van der Waals surface area contributed by atoms with Crippen LogP contribution >= 0.6 is 24.4 Å². The highest BCUT2D eigenvalue weighted by Crippen LogP contribution is 2.10. The summed E-state index contributed by atoms with van der Waals surface area (Å²) in [4.78, 5) is 0. The van der Waals surface area contributed by atoms with E-state index in [1.807, 2.05) is 12.1 Å². The maximum atomic E-state index is 5.52. The Hall–Kier alpha value is -1.44. The molecule has 2 rings (SSSR count). The molecule has 1 fully saturated rings. The maximum absolute atomic E-state index is 5.52. The van der Waals surface area contributed by atoms with Crippen molar-refractivity contribution in [2.75, 3.05) is 18.5 Å². The summed E-state index contributed by atoms with van der Waals surface area (Å²) in [5.74, 6) is 0. The lowest BCUT2D eigenvalue weighted by atomic mass is 10.1. The summed E-state index contributed by atoms with van der Waals surface area (Å²) in [6, 6.07) is 8.15. The average Bonchev–Trinajstić information content (AvgIpc) is 3.05. The number of ether oxygens (including phenoxy) is 1. The van der Waals surface area contributed by atoms with Crippen molar-refractivity contribution in [3.05, 3.63) is 29.8 Å². The van der Waals surface area contributed by atoms with Gasteiger partial charge in [-0.3, -0.25) is 10.9 Å². The van der Waals surface area contributed by atoms with Gasteiger partial charge in [-0.15, -0.1) is 0 Å². The van der Waals surface area contributed by atoms with Gasteiger partial charge < -0.3 is 15.4 Å². The van der Waals surface area contributed by atoms with Gasteiger partial charge in [0.05, 0.1) is 6.10 Å². The lowest BCUT2D eigenvalue weighted by Crippen LogP contribution is -2.49. The normalized spacial score (nSPS) is 16.9. The fourth-order valence-electron chi connectivity index (χ4n) is 2.16. The molecule has 0 bridgehead atoms. The van der Waals surface area contributed by atoms with Crippen molar-refractivity contribution >= 4 is 40.3 Å². The first-order valence-corrected chi connectivity index (χ1v) is 8.30. The predicted octanol–water partition coefficient (Wildman–Crippen LogP) is 2.09. The standard InChI is InChI=1S/C15H22N4OS2/c1-2-11-5-7-12(8-6-11)17-15(22)19-18-14(21)16-10-13-4-3-9-20-13/h5-8,13H,2-4,9-10H2,1H3,(H2,16,18,21)(H2,17,19,22)/t13-/m0/s1. The first kappa shape index (κ1) is 16.9. The Kier molecular flexibility index (Phi) is 6.82. The lowest BCUT2D eigenvalue weighted by molar-refractivity contribution is 0.114. The Bertz CT molecular complexity index is 501. The summed E-state index contributed by atoms with van der Waals surface area (Å²) in [6.45, 7) is 3.69. The third-order valence-electron chi connectivity index (χ3n) is 3.42. The molecule has 1 aliphatic rings. The van der Waals surface area contributed by atoms with Crippen molar-refractivity contribution in [1.29, 1.82) is 0 Å². The van der Waals surface area contributed by atoms with Gasteiger partial charge in [-0.05, 0) is 61.4 Å². The molecule has 7 heteroatoms. The minimum Gasteiger partial charge on any atom is -0.376 e. The Labute approximate surface area is 142 Å². The maximum Gasteiger partial charge on any atom is 0.189 e. The highest BCUT2D eigenvalue weighted by molar-refractivity contribution is 7.80. The second kappa shape index (κ2) is 8.87. The summed E-state index contributed by atoms with van der Waals surface area (Å²) in [6.07, 6.45) is 3.48. The van der Waals surface area contributed by atoms with E-state index < -0.39 is 0 Å². The van der Waals surface area contributed by atoms with Crippen LogP contribution in [0.2, 0.25) is 0 Å². The Balaban J connectivity index is 1.64. The number of nitrogens with one attached hydrogen (secondary N) is 4. The van der Waals surface area contributed by atoms with E-state index in [0.717, 1.165) is 31.6 Å². The quantitative estimate of drug-likeness (QED) is 0.495. The zero-order chi connectivity index (χ0) is 15.8. The SMILES string of the molecule is CCc1ccc(NC(=S)NNC(=S)NC[C@@H]2CCCO2)cc1. The molecule has 1 heterocycles. The van der Waals surface area contributed by atoms with Crippen LogP contribution in [0.1, 0.15) is 25.3 Å². The van der Waals surface area contributed by atoms with Crippen LogP contribution in [-0.4, -0.2) is 29.5 Å². The minimum absolute atomic E-state index is 0.252. The summed E-state index contributed by atoms with van der Waals surface area (Å²) in [5, 5.41) is 7.16. The van der Waals surface area contributed by atoms with Gasteiger partial charge in [0.15, 0.2) is 10.2 Å². The van der Waals surface area contributed by atoms with Gasteiger partial charge in [-0.25, -0.2) is 0 Å². The van der Waals surface area contributed by atoms with Gasteiger partial charge in [-0.2, -0.15) is 0 Å². The fourth-order valence-corrected chi connectivity index (χ4v) is 2.46. The van der Waals surface area contributed by atoms with E-state index in [1.165, 1.54) is 5.56 Å². The summed E-state index contributed by atoms with van der Waals surface area (Å²) in [5.41, 5.74) is 7.95. The van der Waals surface area contributed by atoms with Gasteiger partial charge in [0.1, 0.15) is 0 Å². The first-order chi connectivity index (χ1) is 10.7. The Morgan fingerprint density at radius 2 is 1.91 bits per heavy atom. The molecule has 1 aromatic carbocycles. The second-order valence-corrected chi connectivity index (χ2v) is 5.92. The van der Waals surface area contributed by atoms with E-state index in [-0.39, 0.29) is 6.10 Å². The third kappa shape index (κ3) is 5.75. The van der Waals surface area contributed by atoms with E-state index in [1.54, 1.807) is 0 Å². The number of hydrazine groups is 1. The molecular formula is C15H22N4OS2. The van der Waals surface area contributed by atoms with Gasteiger partial charge in [0.25, 0.3) is 0 Å². The van der Waals surface area contributed by atoms with Crippen LogP contribution in [0, 0.1) is 0 Å². The Morgan fingerprint density at radius 3 is 2.55 bits per heavy atom. The molecule has 22 heavy (non-hydrogen) atoms. The lowest BCUT2D eigenvalue weighted by Gasteiger charge is -2.16.